The van der Waals surface area contributed by atoms with Crippen molar-refractivity contribution in [2.45, 2.75) is 171 Å². The van der Waals surface area contributed by atoms with Crippen molar-refractivity contribution < 1.29 is 24.2 Å². The van der Waals surface area contributed by atoms with Crippen LogP contribution in [0.25, 0.3) is 0 Å². The third kappa shape index (κ3) is 6.47. The first-order chi connectivity index (χ1) is 22.4. The smallest absolute Gasteiger partial charge is 0.306 e. The monoisotopic (exact) mass is 669 g/mol. The summed E-state index contributed by atoms with van der Waals surface area (Å²) in [4.78, 5) is 24.6. The maximum Gasteiger partial charge on any atom is 0.306 e. The number of fused-ring (bicyclic) bond motifs is 7. The highest BCUT2D eigenvalue weighted by Gasteiger charge is 2.71. The van der Waals surface area contributed by atoms with Crippen LogP contribution in [-0.4, -0.2) is 36.9 Å². The van der Waals surface area contributed by atoms with E-state index in [4.69, 9.17) is 9.47 Å². The number of carboxylic acid groups (broad SMARTS) is 1. The van der Waals surface area contributed by atoms with Gasteiger partial charge < -0.3 is 14.6 Å². The molecule has 0 radical (unpaired) electrons. The number of aliphatic carboxylic acids is 1. The fraction of sp³-hybridized carbons (Fsp3) is 0.907. The zero-order chi connectivity index (χ0) is 35.3. The lowest BCUT2D eigenvalue weighted by Crippen LogP contribution is -2.66. The number of hydrogen-bond donors (Lipinski definition) is 1. The third-order valence-electron chi connectivity index (χ3n) is 16.5. The molecule has 5 fully saturated rings. The van der Waals surface area contributed by atoms with Crippen LogP contribution in [0.4, 0.5) is 0 Å². The Hall–Kier alpha value is -1.36. The highest BCUT2D eigenvalue weighted by atomic mass is 16.5. The van der Waals surface area contributed by atoms with Crippen LogP contribution in [0.2, 0.25) is 0 Å². The van der Waals surface area contributed by atoms with E-state index in [2.05, 4.69) is 48.1 Å². The Morgan fingerprint density at radius 2 is 1.52 bits per heavy atom. The minimum atomic E-state index is -0.865. The number of esters is 1. The van der Waals surface area contributed by atoms with Crippen molar-refractivity contribution >= 4 is 11.9 Å². The predicted octanol–water partition coefficient (Wildman–Crippen LogP) is 11.0. The van der Waals surface area contributed by atoms with Crippen molar-refractivity contribution in [3.05, 3.63) is 12.2 Å². The zero-order valence-electron chi connectivity index (χ0n) is 32.5. The summed E-state index contributed by atoms with van der Waals surface area (Å²) in [6, 6.07) is 0. The van der Waals surface area contributed by atoms with E-state index in [-0.39, 0.29) is 35.7 Å². The molecule has 5 nitrogen and oxygen atoms in total. The molecule has 5 rings (SSSR count). The van der Waals surface area contributed by atoms with Gasteiger partial charge in [-0.25, -0.2) is 0 Å². The van der Waals surface area contributed by atoms with Crippen molar-refractivity contribution in [3.8, 4) is 0 Å². The van der Waals surface area contributed by atoms with Gasteiger partial charge in [-0.3, -0.25) is 9.59 Å². The standard InChI is InChI=1S/C43H72O5/c1-29(2)30-17-23-43(20-13-11-12-14-26-47-10)25-24-41(8)31(37(30)43)15-16-33-40(7)21-19-34(39(5,6)32(40)18-22-42(33,41)9)48-36(46)28-38(3,4)27-35(44)45/h30-34,37H,1,11-28H2,2-10H3,(H,44,45)/t30-,31+,32-,33+,34-,37+,40-,41+,42+,43+/m0/s1. The van der Waals surface area contributed by atoms with Gasteiger partial charge >= 0.3 is 11.9 Å². The summed E-state index contributed by atoms with van der Waals surface area (Å²) in [5.74, 6) is 2.35. The van der Waals surface area contributed by atoms with E-state index < -0.39 is 11.4 Å². The summed E-state index contributed by atoms with van der Waals surface area (Å²) >= 11 is 0. The SMILES string of the molecule is C=C(C)[C@@H]1CC[C@]2(CCCCCCOC)CC[C@]3(C)[C@H](CC[C@@H]4[C@@]5(C)CC[C@H](OC(=O)CC(C)(C)CC(=O)O)C(C)(C)[C@@H]5CC[C@]43C)[C@@H]12. The van der Waals surface area contributed by atoms with Crippen LogP contribution in [0, 0.1) is 62.1 Å². The topological polar surface area (TPSA) is 72.8 Å². The lowest BCUT2D eigenvalue weighted by Gasteiger charge is -2.73. The highest BCUT2D eigenvalue weighted by Crippen LogP contribution is 2.78. The van der Waals surface area contributed by atoms with Crippen molar-refractivity contribution in [1.82, 2.24) is 0 Å². The molecule has 0 aromatic rings. The van der Waals surface area contributed by atoms with E-state index in [0.717, 1.165) is 31.3 Å². The number of carboxylic acids is 1. The molecule has 0 aromatic heterocycles. The number of rotatable bonds is 13. The van der Waals surface area contributed by atoms with Gasteiger partial charge in [-0.15, -0.1) is 0 Å². The van der Waals surface area contributed by atoms with Gasteiger partial charge in [0.05, 0.1) is 12.8 Å². The molecule has 5 saturated carbocycles. The Balaban J connectivity index is 1.34. The van der Waals surface area contributed by atoms with Crippen LogP contribution < -0.4 is 0 Å². The van der Waals surface area contributed by atoms with E-state index in [1.165, 1.54) is 89.0 Å². The fourth-order valence-electron chi connectivity index (χ4n) is 14.0. The third-order valence-corrected chi connectivity index (χ3v) is 16.5. The van der Waals surface area contributed by atoms with Gasteiger partial charge in [0, 0.05) is 19.1 Å². The van der Waals surface area contributed by atoms with Crippen LogP contribution >= 0.6 is 0 Å². The molecular weight excluding hydrogens is 596 g/mol. The molecule has 0 aliphatic heterocycles. The van der Waals surface area contributed by atoms with E-state index in [1.807, 2.05) is 21.0 Å². The molecule has 0 heterocycles. The van der Waals surface area contributed by atoms with Crippen LogP contribution in [0.3, 0.4) is 0 Å². The second-order valence-electron chi connectivity index (χ2n) is 20.0. The maximum atomic E-state index is 13.2. The average molecular weight is 669 g/mol. The molecule has 1 N–H and O–H groups in total. The Bertz CT molecular complexity index is 1200. The fourth-order valence-corrected chi connectivity index (χ4v) is 14.0. The second-order valence-corrected chi connectivity index (χ2v) is 20.0. The first-order valence-electron chi connectivity index (χ1n) is 19.9. The zero-order valence-corrected chi connectivity index (χ0v) is 32.5. The molecule has 0 unspecified atom stereocenters. The van der Waals surface area contributed by atoms with Crippen LogP contribution in [0.1, 0.15) is 165 Å². The van der Waals surface area contributed by atoms with Crippen LogP contribution in [0.15, 0.2) is 12.2 Å². The van der Waals surface area contributed by atoms with Gasteiger partial charge in [0.2, 0.25) is 0 Å². The molecule has 0 saturated heterocycles. The predicted molar refractivity (Wildman–Crippen MR) is 194 cm³/mol. The molecule has 0 aromatic carbocycles. The van der Waals surface area contributed by atoms with Crippen LogP contribution in [-0.2, 0) is 19.1 Å². The van der Waals surface area contributed by atoms with Gasteiger partial charge in [-0.1, -0.05) is 79.9 Å². The first kappa shape index (κ1) is 37.9. The Morgan fingerprint density at radius 1 is 0.812 bits per heavy atom. The van der Waals surface area contributed by atoms with Crippen molar-refractivity contribution in [3.63, 3.8) is 0 Å². The van der Waals surface area contributed by atoms with Gasteiger partial charge in [-0.2, -0.15) is 0 Å². The van der Waals surface area contributed by atoms with Gasteiger partial charge in [0.25, 0.3) is 0 Å². The highest BCUT2D eigenvalue weighted by molar-refractivity contribution is 5.73. The molecule has 48 heavy (non-hydrogen) atoms. The van der Waals surface area contributed by atoms with E-state index in [9.17, 15) is 14.7 Å². The summed E-state index contributed by atoms with van der Waals surface area (Å²) in [6.07, 6.45) is 19.3. The number of carbonyl (C=O) groups is 2. The van der Waals surface area contributed by atoms with Gasteiger partial charge in [0.15, 0.2) is 0 Å². The molecule has 5 aliphatic rings. The van der Waals surface area contributed by atoms with Crippen molar-refractivity contribution in [2.24, 2.45) is 62.1 Å². The lowest BCUT2D eigenvalue weighted by molar-refractivity contribution is -0.250. The normalized spacial score (nSPS) is 41.8. The van der Waals surface area contributed by atoms with Crippen molar-refractivity contribution in [2.75, 3.05) is 13.7 Å². The first-order valence-corrected chi connectivity index (χ1v) is 19.9. The molecule has 0 spiro atoms. The molecule has 5 heteroatoms. The summed E-state index contributed by atoms with van der Waals surface area (Å²) in [6.45, 7) is 24.4. The van der Waals surface area contributed by atoms with Crippen LogP contribution in [0.5, 0.6) is 0 Å². The lowest BCUT2D eigenvalue weighted by atomic mass is 9.32. The summed E-state index contributed by atoms with van der Waals surface area (Å²) < 4.78 is 11.6. The summed E-state index contributed by atoms with van der Waals surface area (Å²) in [7, 11) is 1.82. The molecule has 10 atom stereocenters. The van der Waals surface area contributed by atoms with E-state index in [0.29, 0.717) is 34.0 Å². The number of allylic oxidation sites excluding steroid dienone is 1. The number of hydrogen-bond acceptors (Lipinski definition) is 4. The molecule has 274 valence electrons. The molecule has 5 aliphatic carbocycles. The molecule has 0 bridgehead atoms. The van der Waals surface area contributed by atoms with Gasteiger partial charge in [0.1, 0.15) is 6.10 Å². The Morgan fingerprint density at radius 3 is 2.19 bits per heavy atom. The average Bonchev–Trinajstić information content (AvgIpc) is 3.36. The second kappa shape index (κ2) is 13.6. The quantitative estimate of drug-likeness (QED) is 0.120. The van der Waals surface area contributed by atoms with Crippen molar-refractivity contribution in [1.29, 1.82) is 0 Å². The number of carbonyl (C=O) groups excluding carboxylic acids is 1. The largest absolute Gasteiger partial charge is 0.481 e. The summed E-state index contributed by atoms with van der Waals surface area (Å²) in [5, 5.41) is 9.33. The number of ether oxygens (including phenoxy) is 2. The summed E-state index contributed by atoms with van der Waals surface area (Å²) in [5.41, 5.74) is 2.11. The molecule has 0 amide bonds. The maximum absolute atomic E-state index is 13.2. The molecular formula is C43H72O5. The number of methoxy groups -OCH3 is 1. The van der Waals surface area contributed by atoms with E-state index >= 15 is 0 Å². The minimum Gasteiger partial charge on any atom is -0.481 e. The van der Waals surface area contributed by atoms with E-state index in [1.54, 1.807) is 0 Å². The number of unbranched alkanes of at least 4 members (excludes halogenated alkanes) is 3. The minimum absolute atomic E-state index is 0.0269. The Kier molecular flexibility index (Phi) is 10.8. The Labute approximate surface area is 294 Å². The van der Waals surface area contributed by atoms with Gasteiger partial charge in [-0.05, 0) is 141 Å².